The predicted octanol–water partition coefficient (Wildman–Crippen LogP) is 3.47. The molecule has 122 valence electrons. The fourth-order valence-electron chi connectivity index (χ4n) is 2.68. The van der Waals surface area contributed by atoms with E-state index in [2.05, 4.69) is 6.92 Å². The third kappa shape index (κ3) is 11.7. The minimum Gasteiger partial charge on any atom is -0.396 e. The molecule has 0 aliphatic heterocycles. The fourth-order valence-corrected chi connectivity index (χ4v) is 2.68. The number of hydrogen-bond acceptors (Lipinski definition) is 3. The molecular formula is C17H37NO2. The molecule has 20 heavy (non-hydrogen) atoms. The number of aliphatic hydroxyl groups excluding tert-OH is 2. The van der Waals surface area contributed by atoms with E-state index in [9.17, 15) is 0 Å². The molecule has 0 aromatic carbocycles. The Hall–Kier alpha value is -0.120. The van der Waals surface area contributed by atoms with Crippen LogP contribution in [0.3, 0.4) is 0 Å². The number of aliphatic hydroxyl groups is 2. The van der Waals surface area contributed by atoms with Crippen LogP contribution in [0.4, 0.5) is 0 Å². The van der Waals surface area contributed by atoms with Gasteiger partial charge in [-0.05, 0) is 18.9 Å². The van der Waals surface area contributed by atoms with Gasteiger partial charge in [-0.15, -0.1) is 0 Å². The molecule has 0 saturated carbocycles. The van der Waals surface area contributed by atoms with Crippen LogP contribution < -0.4 is 5.73 Å². The quantitative estimate of drug-likeness (QED) is 0.404. The molecule has 0 aliphatic carbocycles. The summed E-state index contributed by atoms with van der Waals surface area (Å²) in [5.41, 5.74) is 5.47. The highest BCUT2D eigenvalue weighted by molar-refractivity contribution is 4.64. The van der Waals surface area contributed by atoms with Crippen molar-refractivity contribution in [3.63, 3.8) is 0 Å². The van der Waals surface area contributed by atoms with Gasteiger partial charge in [0.05, 0.1) is 0 Å². The smallest absolute Gasteiger partial charge is 0.0483 e. The summed E-state index contributed by atoms with van der Waals surface area (Å²) in [6.07, 6.45) is 14.3. The van der Waals surface area contributed by atoms with Crippen LogP contribution in [0.25, 0.3) is 0 Å². The topological polar surface area (TPSA) is 66.5 Å². The van der Waals surface area contributed by atoms with E-state index in [1.807, 2.05) is 0 Å². The van der Waals surface area contributed by atoms with Crippen molar-refractivity contribution < 1.29 is 10.2 Å². The van der Waals surface area contributed by atoms with Gasteiger partial charge in [-0.2, -0.15) is 0 Å². The van der Waals surface area contributed by atoms with Crippen molar-refractivity contribution in [2.24, 2.45) is 17.6 Å². The standard InChI is InChI=1S/C17H37NO2/c1-16(17(14-19)15-20)12-10-8-6-4-2-3-5-7-9-11-13-18/h16-17,19-20H,2-15,18H2,1H3. The lowest BCUT2D eigenvalue weighted by Gasteiger charge is -2.19. The first-order valence-electron chi connectivity index (χ1n) is 8.68. The van der Waals surface area contributed by atoms with E-state index in [0.29, 0.717) is 5.92 Å². The van der Waals surface area contributed by atoms with Gasteiger partial charge < -0.3 is 15.9 Å². The first-order chi connectivity index (χ1) is 9.76. The van der Waals surface area contributed by atoms with E-state index < -0.39 is 0 Å². The third-order valence-corrected chi connectivity index (χ3v) is 4.39. The summed E-state index contributed by atoms with van der Waals surface area (Å²) in [5, 5.41) is 18.2. The molecule has 0 saturated heterocycles. The maximum atomic E-state index is 9.11. The molecule has 0 aromatic heterocycles. The van der Waals surface area contributed by atoms with E-state index in [1.165, 1.54) is 64.2 Å². The minimum absolute atomic E-state index is 0.0727. The van der Waals surface area contributed by atoms with Crippen LogP contribution in [0.2, 0.25) is 0 Å². The Labute approximate surface area is 126 Å². The largest absolute Gasteiger partial charge is 0.396 e. The molecule has 0 heterocycles. The lowest BCUT2D eigenvalue weighted by atomic mass is 9.90. The second-order valence-corrected chi connectivity index (χ2v) is 6.22. The molecule has 1 unspecified atom stereocenters. The summed E-state index contributed by atoms with van der Waals surface area (Å²) in [5.74, 6) is 0.510. The average molecular weight is 287 g/mol. The van der Waals surface area contributed by atoms with E-state index in [0.717, 1.165) is 13.0 Å². The van der Waals surface area contributed by atoms with Gasteiger partial charge in [0.2, 0.25) is 0 Å². The molecule has 0 fully saturated rings. The van der Waals surface area contributed by atoms with Gasteiger partial charge in [-0.3, -0.25) is 0 Å². The van der Waals surface area contributed by atoms with Crippen LogP contribution in [0, 0.1) is 11.8 Å². The van der Waals surface area contributed by atoms with Crippen molar-refractivity contribution in [2.75, 3.05) is 19.8 Å². The van der Waals surface area contributed by atoms with Crippen molar-refractivity contribution >= 4 is 0 Å². The van der Waals surface area contributed by atoms with Crippen molar-refractivity contribution in [3.05, 3.63) is 0 Å². The van der Waals surface area contributed by atoms with E-state index in [-0.39, 0.29) is 19.1 Å². The Balaban J connectivity index is 3.20. The zero-order valence-electron chi connectivity index (χ0n) is 13.5. The highest BCUT2D eigenvalue weighted by atomic mass is 16.3. The highest BCUT2D eigenvalue weighted by Gasteiger charge is 2.14. The average Bonchev–Trinajstić information content (AvgIpc) is 2.46. The minimum atomic E-state index is 0.0727. The van der Waals surface area contributed by atoms with Crippen LogP contribution in [0.15, 0.2) is 0 Å². The molecule has 0 spiro atoms. The monoisotopic (exact) mass is 287 g/mol. The summed E-state index contributed by atoms with van der Waals surface area (Å²) in [6, 6.07) is 0. The van der Waals surface area contributed by atoms with Gasteiger partial charge in [0.1, 0.15) is 0 Å². The second kappa shape index (κ2) is 15.3. The first kappa shape index (κ1) is 19.9. The van der Waals surface area contributed by atoms with Gasteiger partial charge in [0.15, 0.2) is 0 Å². The molecule has 0 amide bonds. The molecule has 0 aromatic rings. The van der Waals surface area contributed by atoms with Gasteiger partial charge in [-0.1, -0.05) is 71.1 Å². The fraction of sp³-hybridized carbons (Fsp3) is 1.00. The summed E-state index contributed by atoms with van der Waals surface area (Å²) >= 11 is 0. The summed E-state index contributed by atoms with van der Waals surface area (Å²) in [7, 11) is 0. The van der Waals surface area contributed by atoms with Crippen molar-refractivity contribution in [2.45, 2.75) is 77.6 Å². The Morgan fingerprint density at radius 1 is 0.700 bits per heavy atom. The Kier molecular flexibility index (Phi) is 15.2. The van der Waals surface area contributed by atoms with Gasteiger partial charge in [0, 0.05) is 19.1 Å². The SMILES string of the molecule is CC(CCCCCCCCCCCCN)C(CO)CO. The lowest BCUT2D eigenvalue weighted by molar-refractivity contribution is 0.108. The van der Waals surface area contributed by atoms with Gasteiger partial charge in [0.25, 0.3) is 0 Å². The molecule has 0 bridgehead atoms. The number of rotatable bonds is 15. The second-order valence-electron chi connectivity index (χ2n) is 6.22. The van der Waals surface area contributed by atoms with Crippen LogP contribution >= 0.6 is 0 Å². The molecule has 0 rings (SSSR count). The summed E-state index contributed by atoms with van der Waals surface area (Å²) in [4.78, 5) is 0. The molecule has 0 aliphatic rings. The normalized spacial score (nSPS) is 13.1. The molecular weight excluding hydrogens is 250 g/mol. The third-order valence-electron chi connectivity index (χ3n) is 4.39. The molecule has 0 radical (unpaired) electrons. The van der Waals surface area contributed by atoms with E-state index in [4.69, 9.17) is 15.9 Å². The zero-order chi connectivity index (χ0) is 15.1. The van der Waals surface area contributed by atoms with Crippen LogP contribution in [0.1, 0.15) is 77.6 Å². The Morgan fingerprint density at radius 3 is 1.50 bits per heavy atom. The first-order valence-corrected chi connectivity index (χ1v) is 8.68. The Morgan fingerprint density at radius 2 is 1.10 bits per heavy atom. The van der Waals surface area contributed by atoms with Gasteiger partial charge >= 0.3 is 0 Å². The molecule has 3 heteroatoms. The predicted molar refractivity (Wildman–Crippen MR) is 86.7 cm³/mol. The van der Waals surface area contributed by atoms with Crippen molar-refractivity contribution in [1.29, 1.82) is 0 Å². The summed E-state index contributed by atoms with van der Waals surface area (Å²) < 4.78 is 0. The van der Waals surface area contributed by atoms with Crippen LogP contribution in [-0.4, -0.2) is 30.0 Å². The molecule has 4 N–H and O–H groups in total. The molecule has 3 nitrogen and oxygen atoms in total. The number of nitrogens with two attached hydrogens (primary N) is 1. The zero-order valence-corrected chi connectivity index (χ0v) is 13.5. The van der Waals surface area contributed by atoms with Crippen LogP contribution in [-0.2, 0) is 0 Å². The van der Waals surface area contributed by atoms with Crippen molar-refractivity contribution in [3.8, 4) is 0 Å². The maximum Gasteiger partial charge on any atom is 0.0483 e. The highest BCUT2D eigenvalue weighted by Crippen LogP contribution is 2.19. The molecule has 1 atom stereocenters. The van der Waals surface area contributed by atoms with Crippen molar-refractivity contribution in [1.82, 2.24) is 0 Å². The number of unbranched alkanes of at least 4 members (excludes halogenated alkanes) is 9. The lowest BCUT2D eigenvalue weighted by Crippen LogP contribution is -2.19. The van der Waals surface area contributed by atoms with E-state index >= 15 is 0 Å². The van der Waals surface area contributed by atoms with Gasteiger partial charge in [-0.25, -0.2) is 0 Å². The summed E-state index contributed by atoms with van der Waals surface area (Å²) in [6.45, 7) is 3.20. The van der Waals surface area contributed by atoms with E-state index in [1.54, 1.807) is 0 Å². The number of hydrogen-bond donors (Lipinski definition) is 3. The van der Waals surface area contributed by atoms with Crippen LogP contribution in [0.5, 0.6) is 0 Å². The maximum absolute atomic E-state index is 9.11. The Bertz CT molecular complexity index is 184.